The molecule has 9 N–H and O–H groups in total. The lowest BCUT2D eigenvalue weighted by atomic mass is 9.98. The zero-order valence-corrected chi connectivity index (χ0v) is 49.2. The Labute approximate surface area is 472 Å². The third-order valence-electron chi connectivity index (χ3n) is 17.3. The molecule has 4 rings (SSSR count). The topological polar surface area (TPSA) is 237 Å². The summed E-state index contributed by atoms with van der Waals surface area (Å²) in [5.41, 5.74) is 0.951. The van der Waals surface area contributed by atoms with E-state index in [0.29, 0.717) is 12.8 Å². The summed E-state index contributed by atoms with van der Waals surface area (Å²) in [5, 5.41) is 89.0. The minimum atomic E-state index is -1.70. The van der Waals surface area contributed by atoms with Crippen LogP contribution < -0.4 is 5.32 Å². The Bertz CT molecular complexity index is 1580. The van der Waals surface area contributed by atoms with E-state index in [4.69, 9.17) is 23.7 Å². The summed E-state index contributed by atoms with van der Waals surface area (Å²) in [4.78, 5) is 13.6. The second-order valence-electron chi connectivity index (χ2n) is 24.4. The first-order chi connectivity index (χ1) is 37.8. The number of nitrogens with one attached hydrogen (secondary N) is 1. The van der Waals surface area contributed by atoms with Crippen molar-refractivity contribution >= 4 is 5.91 Å². The maximum Gasteiger partial charge on any atom is 0.249 e. The predicted octanol–water partition coefficient (Wildman–Crippen LogP) is 9.79. The molecule has 2 heterocycles. The highest BCUT2D eigenvalue weighted by atomic mass is 16.7. The van der Waals surface area contributed by atoms with Crippen LogP contribution in [0.3, 0.4) is 0 Å². The van der Waals surface area contributed by atoms with E-state index in [1.165, 1.54) is 154 Å². The Hall–Kier alpha value is -1.57. The first-order valence-corrected chi connectivity index (χ1v) is 31.9. The Morgan fingerprint density at radius 2 is 1.04 bits per heavy atom. The number of allylic oxidation sites excluding steroid dienone is 3. The fourth-order valence-electron chi connectivity index (χ4n) is 11.7. The number of amides is 1. The molecule has 0 spiro atoms. The van der Waals surface area contributed by atoms with Crippen molar-refractivity contribution in [2.24, 2.45) is 23.7 Å². The van der Waals surface area contributed by atoms with Crippen molar-refractivity contribution in [2.45, 2.75) is 319 Å². The number of aliphatic hydroxyl groups excluding tert-OH is 8. The van der Waals surface area contributed by atoms with Gasteiger partial charge in [0.15, 0.2) is 12.6 Å². The van der Waals surface area contributed by atoms with Crippen LogP contribution in [0.4, 0.5) is 0 Å². The van der Waals surface area contributed by atoms with Gasteiger partial charge < -0.3 is 69.9 Å². The van der Waals surface area contributed by atoms with Crippen LogP contribution in [0, 0.1) is 23.7 Å². The Kier molecular flexibility index (Phi) is 35.9. The Morgan fingerprint density at radius 1 is 0.551 bits per heavy atom. The molecule has 0 radical (unpaired) electrons. The molecule has 17 atom stereocenters. The number of rotatable bonds is 47. The average Bonchev–Trinajstić information content (AvgIpc) is 4.40. The largest absolute Gasteiger partial charge is 0.394 e. The van der Waals surface area contributed by atoms with E-state index in [2.05, 4.69) is 25.2 Å². The molecule has 78 heavy (non-hydrogen) atoms. The van der Waals surface area contributed by atoms with Crippen LogP contribution in [0.2, 0.25) is 0 Å². The van der Waals surface area contributed by atoms with Gasteiger partial charge in [-0.3, -0.25) is 4.79 Å². The predicted molar refractivity (Wildman–Crippen MR) is 306 cm³/mol. The summed E-state index contributed by atoms with van der Waals surface area (Å²) in [6.07, 6.45) is 28.5. The van der Waals surface area contributed by atoms with Gasteiger partial charge in [0.05, 0.1) is 38.6 Å². The first-order valence-electron chi connectivity index (χ1n) is 31.9. The van der Waals surface area contributed by atoms with Gasteiger partial charge in [0.25, 0.3) is 0 Å². The van der Waals surface area contributed by atoms with Crippen molar-refractivity contribution in [3.05, 3.63) is 23.8 Å². The van der Waals surface area contributed by atoms with E-state index >= 15 is 0 Å². The van der Waals surface area contributed by atoms with Gasteiger partial charge in [-0.05, 0) is 82.5 Å². The third kappa shape index (κ3) is 27.2. The zero-order chi connectivity index (χ0) is 56.5. The number of hydrogen-bond acceptors (Lipinski definition) is 14. The normalized spacial score (nSPS) is 30.1. The molecule has 2 aliphatic heterocycles. The monoisotopic (exact) mass is 1110 g/mol. The SMILES string of the molecule is CCCCCCCCCCC1CC1CCCC/C=C\CC[C@@H](O)C(=O)N[C@@H](CO[C@@H]1O[C@H](CO[C@@H]2O[C@H](CO)[C@H](O)[C@H](O)[C@H]2O)[C@H](O)[C@H](O)[C@H]1OCC=C(C)C)[C@H](O)CCCCCCCC1CC1CCCCCCCCCC. The number of unbranched alkanes of at least 4 members (excludes halogenated alkanes) is 20. The zero-order valence-electron chi connectivity index (χ0n) is 49.2. The van der Waals surface area contributed by atoms with Crippen molar-refractivity contribution in [3.63, 3.8) is 0 Å². The summed E-state index contributed by atoms with van der Waals surface area (Å²) >= 11 is 0. The molecule has 456 valence electrons. The van der Waals surface area contributed by atoms with Gasteiger partial charge in [-0.2, -0.15) is 0 Å². The minimum Gasteiger partial charge on any atom is -0.394 e. The maximum atomic E-state index is 13.6. The lowest BCUT2D eigenvalue weighted by molar-refractivity contribution is -0.334. The van der Waals surface area contributed by atoms with Crippen LogP contribution in [-0.2, 0) is 28.5 Å². The average molecular weight is 1110 g/mol. The molecule has 0 bridgehead atoms. The van der Waals surface area contributed by atoms with E-state index in [-0.39, 0.29) is 19.6 Å². The van der Waals surface area contributed by atoms with E-state index in [1.807, 2.05) is 19.9 Å². The fourth-order valence-corrected chi connectivity index (χ4v) is 11.7. The second-order valence-corrected chi connectivity index (χ2v) is 24.4. The number of carbonyl (C=O) groups is 1. The molecule has 4 fully saturated rings. The number of carbonyl (C=O) groups excluding carboxylic acids is 1. The van der Waals surface area contributed by atoms with Crippen molar-refractivity contribution in [1.82, 2.24) is 5.32 Å². The smallest absolute Gasteiger partial charge is 0.249 e. The van der Waals surface area contributed by atoms with E-state index < -0.39 is 98.8 Å². The molecule has 15 heteroatoms. The molecular formula is C63H115NO14. The molecule has 2 saturated carbocycles. The van der Waals surface area contributed by atoms with Crippen LogP contribution in [-0.4, -0.2) is 153 Å². The molecule has 2 saturated heterocycles. The highest BCUT2D eigenvalue weighted by molar-refractivity contribution is 5.80. The first kappa shape index (κ1) is 68.9. The van der Waals surface area contributed by atoms with Gasteiger partial charge in [-0.1, -0.05) is 205 Å². The Morgan fingerprint density at radius 3 is 1.58 bits per heavy atom. The van der Waals surface area contributed by atoms with Crippen LogP contribution in [0.1, 0.15) is 240 Å². The quantitative estimate of drug-likeness (QED) is 0.0204. The molecule has 1 amide bonds. The molecule has 15 nitrogen and oxygen atoms in total. The summed E-state index contributed by atoms with van der Waals surface area (Å²) < 4.78 is 29.6. The van der Waals surface area contributed by atoms with Gasteiger partial charge in [0, 0.05) is 0 Å². The van der Waals surface area contributed by atoms with Gasteiger partial charge in [0.1, 0.15) is 54.9 Å². The molecule has 0 aromatic carbocycles. The molecule has 4 aliphatic rings. The van der Waals surface area contributed by atoms with Crippen molar-refractivity contribution in [2.75, 3.05) is 26.4 Å². The Balaban J connectivity index is 1.25. The summed E-state index contributed by atoms with van der Waals surface area (Å²) in [6, 6.07) is -0.975. The second kappa shape index (κ2) is 40.6. The molecule has 0 aromatic rings. The number of hydrogen-bond donors (Lipinski definition) is 9. The van der Waals surface area contributed by atoms with E-state index in [1.54, 1.807) is 6.08 Å². The number of ether oxygens (including phenoxy) is 5. The maximum absolute atomic E-state index is 13.6. The van der Waals surface area contributed by atoms with Crippen molar-refractivity contribution in [3.8, 4) is 0 Å². The van der Waals surface area contributed by atoms with Crippen LogP contribution >= 0.6 is 0 Å². The lowest BCUT2D eigenvalue weighted by Gasteiger charge is -2.44. The molecule has 2 aliphatic carbocycles. The standard InChI is InChI=1S/C63H115NO14/c1-5-7-9-11-13-15-20-26-32-46-40-48(46)34-28-22-17-18-24-31-37-52(67)61(73)64-50(51(66)36-30-25-19-23-29-35-49-41-47(49)33-27-21-16-14-12-10-8-6-2)43-75-63-60(74-39-38-45(3)4)58(71)56(69)54(78-63)44-76-62-59(72)57(70)55(68)53(42-65)77-62/h18,24,38,46-60,62-63,65-72H,5-17,19-23,25-37,39-44H2,1-4H3,(H,64,73)/b24-18-/t46?,47?,48?,49?,50-,51+,52+,53+,54+,55-,56-,57-,58-,59+,60+,62+,63+/m0/s1. The van der Waals surface area contributed by atoms with Gasteiger partial charge in [-0.15, -0.1) is 0 Å². The molecule has 4 unspecified atom stereocenters. The molecule has 0 aromatic heterocycles. The van der Waals surface area contributed by atoms with Gasteiger partial charge in [-0.25, -0.2) is 0 Å². The van der Waals surface area contributed by atoms with Crippen molar-refractivity contribution in [1.29, 1.82) is 0 Å². The van der Waals surface area contributed by atoms with Crippen LogP contribution in [0.25, 0.3) is 0 Å². The summed E-state index contributed by atoms with van der Waals surface area (Å²) in [6.45, 7) is 6.92. The lowest BCUT2D eigenvalue weighted by Crippen LogP contribution is -2.62. The van der Waals surface area contributed by atoms with Crippen molar-refractivity contribution < 1.29 is 69.3 Å². The van der Waals surface area contributed by atoms with Gasteiger partial charge in [0.2, 0.25) is 5.91 Å². The molecular weight excluding hydrogens is 995 g/mol. The van der Waals surface area contributed by atoms with Crippen LogP contribution in [0.5, 0.6) is 0 Å². The highest BCUT2D eigenvalue weighted by Gasteiger charge is 2.49. The third-order valence-corrected chi connectivity index (χ3v) is 17.3. The summed E-state index contributed by atoms with van der Waals surface area (Å²) in [7, 11) is 0. The fraction of sp³-hybridized carbons (Fsp3) is 0.921. The van der Waals surface area contributed by atoms with E-state index in [9.17, 15) is 45.6 Å². The highest BCUT2D eigenvalue weighted by Crippen LogP contribution is 2.47. The summed E-state index contributed by atoms with van der Waals surface area (Å²) in [5.74, 6) is 3.02. The van der Waals surface area contributed by atoms with Gasteiger partial charge >= 0.3 is 0 Å². The van der Waals surface area contributed by atoms with Crippen LogP contribution in [0.15, 0.2) is 23.8 Å². The van der Waals surface area contributed by atoms with E-state index in [0.717, 1.165) is 67.8 Å². The number of aliphatic hydroxyl groups is 8. The minimum absolute atomic E-state index is 0.0519.